The quantitative estimate of drug-likeness (QED) is 0.540. The van der Waals surface area contributed by atoms with Crippen molar-refractivity contribution >= 4 is 11.8 Å². The zero-order chi connectivity index (χ0) is 13.9. The largest absolute Gasteiger partial charge is 0.385 e. The van der Waals surface area contributed by atoms with Crippen LogP contribution in [0.3, 0.4) is 0 Å². The van der Waals surface area contributed by atoms with Crippen LogP contribution in [0.5, 0.6) is 0 Å². The fourth-order valence-corrected chi connectivity index (χ4v) is 1.51. The van der Waals surface area contributed by atoms with Gasteiger partial charge in [-0.2, -0.15) is 0 Å². The van der Waals surface area contributed by atoms with E-state index < -0.39 is 0 Å². The van der Waals surface area contributed by atoms with Gasteiger partial charge < -0.3 is 15.4 Å². The summed E-state index contributed by atoms with van der Waals surface area (Å²) < 4.78 is 4.86. The third-order valence-electron chi connectivity index (χ3n) is 2.50. The van der Waals surface area contributed by atoms with E-state index in [2.05, 4.69) is 10.6 Å². The topological polar surface area (TPSA) is 67.4 Å². The third kappa shape index (κ3) is 7.21. The molecule has 2 amide bonds. The molecular weight excluding hydrogens is 244 g/mol. The molecular formula is C14H20N2O3. The molecule has 0 radical (unpaired) electrons. The van der Waals surface area contributed by atoms with Crippen LogP contribution in [0.15, 0.2) is 30.3 Å². The number of amides is 2. The van der Waals surface area contributed by atoms with E-state index in [1.807, 2.05) is 30.3 Å². The van der Waals surface area contributed by atoms with Crippen LogP contribution in [0, 0.1) is 0 Å². The summed E-state index contributed by atoms with van der Waals surface area (Å²) in [7, 11) is 1.61. The van der Waals surface area contributed by atoms with Crippen LogP contribution >= 0.6 is 0 Å². The van der Waals surface area contributed by atoms with Crippen molar-refractivity contribution in [1.29, 1.82) is 0 Å². The zero-order valence-corrected chi connectivity index (χ0v) is 11.1. The van der Waals surface area contributed by atoms with E-state index in [1.54, 1.807) is 7.11 Å². The lowest BCUT2D eigenvalue weighted by atomic mass is 10.2. The fourth-order valence-electron chi connectivity index (χ4n) is 1.51. The Labute approximate surface area is 113 Å². The molecule has 0 spiro atoms. The lowest BCUT2D eigenvalue weighted by Crippen LogP contribution is -2.32. The molecule has 1 aromatic rings. The molecule has 0 saturated carbocycles. The number of carbonyl (C=O) groups is 2. The van der Waals surface area contributed by atoms with Crippen LogP contribution in [0.25, 0.3) is 0 Å². The van der Waals surface area contributed by atoms with Gasteiger partial charge in [-0.1, -0.05) is 30.3 Å². The van der Waals surface area contributed by atoms with Gasteiger partial charge in [-0.15, -0.1) is 0 Å². The maximum atomic E-state index is 11.5. The van der Waals surface area contributed by atoms with Gasteiger partial charge in [-0.3, -0.25) is 9.59 Å². The average Bonchev–Trinajstić information content (AvgIpc) is 2.42. The van der Waals surface area contributed by atoms with E-state index in [0.29, 0.717) is 19.7 Å². The van der Waals surface area contributed by atoms with Crippen LogP contribution in [-0.4, -0.2) is 32.1 Å². The highest BCUT2D eigenvalue weighted by Gasteiger charge is 2.08. The highest BCUT2D eigenvalue weighted by molar-refractivity contribution is 5.96. The summed E-state index contributed by atoms with van der Waals surface area (Å²) in [6, 6.07) is 9.57. The van der Waals surface area contributed by atoms with Crippen molar-refractivity contribution in [2.24, 2.45) is 0 Å². The molecule has 0 atom stereocenters. The zero-order valence-electron chi connectivity index (χ0n) is 11.1. The normalized spacial score (nSPS) is 9.95. The highest BCUT2D eigenvalue weighted by Crippen LogP contribution is 1.97. The first-order chi connectivity index (χ1) is 9.22. The molecule has 1 aromatic carbocycles. The van der Waals surface area contributed by atoms with E-state index in [1.165, 1.54) is 0 Å². The van der Waals surface area contributed by atoms with Crippen LogP contribution in [0.2, 0.25) is 0 Å². The molecule has 1 rings (SSSR count). The summed E-state index contributed by atoms with van der Waals surface area (Å²) in [5.74, 6) is -0.533. The molecule has 0 fully saturated rings. The third-order valence-corrected chi connectivity index (χ3v) is 2.50. The molecule has 0 aliphatic heterocycles. The fraction of sp³-hybridized carbons (Fsp3) is 0.429. The lowest BCUT2D eigenvalue weighted by molar-refractivity contribution is -0.129. The Morgan fingerprint density at radius 1 is 1.11 bits per heavy atom. The van der Waals surface area contributed by atoms with Crippen molar-refractivity contribution in [2.45, 2.75) is 19.4 Å². The molecule has 0 unspecified atom stereocenters. The lowest BCUT2D eigenvalue weighted by Gasteiger charge is -2.06. The Morgan fingerprint density at radius 2 is 1.79 bits per heavy atom. The maximum absolute atomic E-state index is 11.5. The Hall–Kier alpha value is -1.88. The standard InChI is InChI=1S/C14H20N2O3/c1-19-9-5-8-15-13(17)10-14(18)16-11-12-6-3-2-4-7-12/h2-4,6-7H,5,8-11H2,1H3,(H,15,17)(H,16,18). The molecule has 19 heavy (non-hydrogen) atoms. The Kier molecular flexibility index (Phi) is 7.27. The summed E-state index contributed by atoms with van der Waals surface area (Å²) in [6.45, 7) is 1.57. The number of hydrogen-bond acceptors (Lipinski definition) is 3. The first-order valence-electron chi connectivity index (χ1n) is 6.28. The van der Waals surface area contributed by atoms with Gasteiger partial charge in [0.15, 0.2) is 0 Å². The number of nitrogens with one attached hydrogen (secondary N) is 2. The second-order valence-electron chi connectivity index (χ2n) is 4.14. The minimum absolute atomic E-state index is 0.139. The van der Waals surface area contributed by atoms with Gasteiger partial charge in [-0.05, 0) is 12.0 Å². The predicted molar refractivity (Wildman–Crippen MR) is 72.4 cm³/mol. The Morgan fingerprint density at radius 3 is 2.47 bits per heavy atom. The molecule has 0 heterocycles. The molecule has 0 saturated heterocycles. The van der Waals surface area contributed by atoms with Crippen molar-refractivity contribution in [1.82, 2.24) is 10.6 Å². The number of methoxy groups -OCH3 is 1. The van der Waals surface area contributed by atoms with Gasteiger partial charge in [-0.25, -0.2) is 0 Å². The number of benzene rings is 1. The second-order valence-corrected chi connectivity index (χ2v) is 4.14. The number of hydrogen-bond donors (Lipinski definition) is 2. The van der Waals surface area contributed by atoms with Gasteiger partial charge in [0.2, 0.25) is 11.8 Å². The van der Waals surface area contributed by atoms with E-state index >= 15 is 0 Å². The van der Waals surface area contributed by atoms with Crippen LogP contribution in [0.4, 0.5) is 0 Å². The average molecular weight is 264 g/mol. The number of rotatable bonds is 8. The van der Waals surface area contributed by atoms with E-state index in [9.17, 15) is 9.59 Å². The summed E-state index contributed by atoms with van der Waals surface area (Å²) in [6.07, 6.45) is 0.605. The first kappa shape index (κ1) is 15.2. The summed E-state index contributed by atoms with van der Waals surface area (Å²) in [4.78, 5) is 22.9. The van der Waals surface area contributed by atoms with E-state index in [-0.39, 0.29) is 18.2 Å². The number of carbonyl (C=O) groups excluding carboxylic acids is 2. The second kappa shape index (κ2) is 9.10. The van der Waals surface area contributed by atoms with Crippen LogP contribution in [-0.2, 0) is 20.9 Å². The van der Waals surface area contributed by atoms with E-state index in [0.717, 1.165) is 12.0 Å². The van der Waals surface area contributed by atoms with E-state index in [4.69, 9.17) is 4.74 Å². The van der Waals surface area contributed by atoms with Gasteiger partial charge in [0, 0.05) is 26.8 Å². The Bertz CT molecular complexity index is 393. The van der Waals surface area contributed by atoms with Crippen molar-refractivity contribution in [3.63, 3.8) is 0 Å². The maximum Gasteiger partial charge on any atom is 0.229 e. The van der Waals surface area contributed by atoms with Gasteiger partial charge in [0.25, 0.3) is 0 Å². The van der Waals surface area contributed by atoms with Crippen LogP contribution in [0.1, 0.15) is 18.4 Å². The molecule has 0 bridgehead atoms. The first-order valence-corrected chi connectivity index (χ1v) is 6.28. The van der Waals surface area contributed by atoms with Gasteiger partial charge in [0.05, 0.1) is 0 Å². The SMILES string of the molecule is COCCCNC(=O)CC(=O)NCc1ccccc1. The van der Waals surface area contributed by atoms with Crippen molar-refractivity contribution < 1.29 is 14.3 Å². The molecule has 0 aliphatic rings. The van der Waals surface area contributed by atoms with Crippen LogP contribution < -0.4 is 10.6 Å². The molecule has 5 heteroatoms. The van der Waals surface area contributed by atoms with Crippen molar-refractivity contribution in [2.75, 3.05) is 20.3 Å². The number of ether oxygens (including phenoxy) is 1. The van der Waals surface area contributed by atoms with Gasteiger partial charge in [0.1, 0.15) is 6.42 Å². The van der Waals surface area contributed by atoms with Crippen molar-refractivity contribution in [3.05, 3.63) is 35.9 Å². The molecule has 5 nitrogen and oxygen atoms in total. The summed E-state index contributed by atoms with van der Waals surface area (Å²) in [5, 5.41) is 5.37. The highest BCUT2D eigenvalue weighted by atomic mass is 16.5. The molecule has 0 aromatic heterocycles. The summed E-state index contributed by atoms with van der Waals surface area (Å²) >= 11 is 0. The minimum Gasteiger partial charge on any atom is -0.385 e. The Balaban J connectivity index is 2.15. The summed E-state index contributed by atoms with van der Waals surface area (Å²) in [5.41, 5.74) is 1.01. The van der Waals surface area contributed by atoms with Gasteiger partial charge >= 0.3 is 0 Å². The van der Waals surface area contributed by atoms with Crippen molar-refractivity contribution in [3.8, 4) is 0 Å². The predicted octanol–water partition coefficient (Wildman–Crippen LogP) is 0.846. The molecule has 104 valence electrons. The smallest absolute Gasteiger partial charge is 0.229 e. The molecule has 0 aliphatic carbocycles. The minimum atomic E-state index is -0.270. The molecule has 2 N–H and O–H groups in total. The monoisotopic (exact) mass is 264 g/mol.